The smallest absolute Gasteiger partial charge is 0.339 e. The second-order valence-corrected chi connectivity index (χ2v) is 7.58. The van der Waals surface area contributed by atoms with E-state index in [9.17, 15) is 9.59 Å². The molecule has 1 aliphatic rings. The third-order valence-electron chi connectivity index (χ3n) is 4.88. The van der Waals surface area contributed by atoms with Gasteiger partial charge in [-0.15, -0.1) is 11.8 Å². The molecule has 0 unspecified atom stereocenters. The lowest BCUT2D eigenvalue weighted by atomic mass is 10.0. The number of nitrogens with zero attached hydrogens (tertiary/aromatic N) is 3. The van der Waals surface area contributed by atoms with Crippen LogP contribution in [-0.2, 0) is 4.79 Å². The zero-order chi connectivity index (χ0) is 18.7. The van der Waals surface area contributed by atoms with Gasteiger partial charge < -0.3 is 10.0 Å². The number of benzene rings is 1. The minimum atomic E-state index is -0.949. The van der Waals surface area contributed by atoms with Crippen molar-refractivity contribution in [1.82, 2.24) is 14.7 Å². The van der Waals surface area contributed by atoms with Crippen molar-refractivity contribution in [2.24, 2.45) is 0 Å². The molecule has 0 spiro atoms. The zero-order valence-corrected chi connectivity index (χ0v) is 15.8. The molecule has 0 aliphatic carbocycles. The Labute approximate surface area is 157 Å². The number of carboxylic acid groups (broad SMARTS) is 1. The molecular formula is C19H23N3O3S. The van der Waals surface area contributed by atoms with E-state index in [1.54, 1.807) is 23.4 Å². The molecule has 1 aromatic carbocycles. The predicted octanol–water partition coefficient (Wildman–Crippen LogP) is 3.15. The molecule has 0 bridgehead atoms. The Morgan fingerprint density at radius 1 is 1.23 bits per heavy atom. The van der Waals surface area contributed by atoms with Crippen LogP contribution >= 0.6 is 11.8 Å². The van der Waals surface area contributed by atoms with Crippen molar-refractivity contribution < 1.29 is 14.7 Å². The molecule has 138 valence electrons. The summed E-state index contributed by atoms with van der Waals surface area (Å²) in [4.78, 5) is 26.7. The number of hydrogen-bond donors (Lipinski definition) is 1. The summed E-state index contributed by atoms with van der Waals surface area (Å²) in [5.41, 5.74) is 2.11. The van der Waals surface area contributed by atoms with Crippen molar-refractivity contribution in [2.45, 2.75) is 37.6 Å². The van der Waals surface area contributed by atoms with Crippen LogP contribution in [0.15, 0.2) is 35.4 Å². The van der Waals surface area contributed by atoms with Crippen molar-refractivity contribution in [1.29, 1.82) is 0 Å². The molecule has 7 heteroatoms. The summed E-state index contributed by atoms with van der Waals surface area (Å²) in [6.07, 6.45) is 3.00. The highest BCUT2D eigenvalue weighted by atomic mass is 32.2. The SMILES string of the molecule is Cc1ccccc1SCC(=O)N1CCC(n2ncc(C(=O)O)c2C)CC1. The monoisotopic (exact) mass is 373 g/mol. The molecule has 2 heterocycles. The number of piperidine rings is 1. The van der Waals surface area contributed by atoms with Crippen LogP contribution in [0.25, 0.3) is 0 Å². The fourth-order valence-electron chi connectivity index (χ4n) is 3.31. The molecule has 1 fully saturated rings. The Balaban J connectivity index is 1.54. The number of aryl methyl sites for hydroxylation is 1. The van der Waals surface area contributed by atoms with E-state index in [4.69, 9.17) is 5.11 Å². The first-order valence-corrected chi connectivity index (χ1v) is 9.69. The number of thioether (sulfide) groups is 1. The van der Waals surface area contributed by atoms with Gasteiger partial charge in [-0.25, -0.2) is 4.79 Å². The Bertz CT molecular complexity index is 810. The third kappa shape index (κ3) is 3.93. The van der Waals surface area contributed by atoms with Crippen LogP contribution in [0.4, 0.5) is 0 Å². The lowest BCUT2D eigenvalue weighted by Crippen LogP contribution is -2.40. The molecule has 0 radical (unpaired) electrons. The van der Waals surface area contributed by atoms with Gasteiger partial charge >= 0.3 is 5.97 Å². The molecule has 1 N–H and O–H groups in total. The van der Waals surface area contributed by atoms with E-state index in [0.29, 0.717) is 24.5 Å². The topological polar surface area (TPSA) is 75.4 Å². The van der Waals surface area contributed by atoms with Crippen LogP contribution < -0.4 is 0 Å². The van der Waals surface area contributed by atoms with Crippen molar-refractivity contribution in [2.75, 3.05) is 18.8 Å². The molecule has 0 atom stereocenters. The molecule has 0 saturated carbocycles. The quantitative estimate of drug-likeness (QED) is 0.815. The summed E-state index contributed by atoms with van der Waals surface area (Å²) in [5.74, 6) is -0.353. The molecular weight excluding hydrogens is 350 g/mol. The number of carbonyl (C=O) groups excluding carboxylic acids is 1. The molecule has 1 aliphatic heterocycles. The van der Waals surface area contributed by atoms with E-state index in [-0.39, 0.29) is 17.5 Å². The number of rotatable bonds is 5. The minimum absolute atomic E-state index is 0.149. The highest BCUT2D eigenvalue weighted by Gasteiger charge is 2.26. The Kier molecular flexibility index (Phi) is 5.66. The highest BCUT2D eigenvalue weighted by Crippen LogP contribution is 2.26. The van der Waals surface area contributed by atoms with Gasteiger partial charge in [-0.3, -0.25) is 9.48 Å². The van der Waals surface area contributed by atoms with Gasteiger partial charge in [0.05, 0.1) is 23.7 Å². The summed E-state index contributed by atoms with van der Waals surface area (Å²) in [7, 11) is 0. The zero-order valence-electron chi connectivity index (χ0n) is 15.0. The van der Waals surface area contributed by atoms with Crippen molar-refractivity contribution >= 4 is 23.6 Å². The van der Waals surface area contributed by atoms with E-state index in [1.807, 2.05) is 23.1 Å². The first-order chi connectivity index (χ1) is 12.5. The van der Waals surface area contributed by atoms with Gasteiger partial charge in [0.1, 0.15) is 5.56 Å². The minimum Gasteiger partial charge on any atom is -0.478 e. The number of aromatic nitrogens is 2. The van der Waals surface area contributed by atoms with Crippen molar-refractivity contribution in [3.05, 3.63) is 47.3 Å². The summed E-state index contributed by atoms with van der Waals surface area (Å²) in [5, 5.41) is 13.4. The first kappa shape index (κ1) is 18.5. The van der Waals surface area contributed by atoms with E-state index in [0.717, 1.165) is 17.7 Å². The fourth-order valence-corrected chi connectivity index (χ4v) is 4.24. The van der Waals surface area contributed by atoms with E-state index < -0.39 is 5.97 Å². The Morgan fingerprint density at radius 2 is 1.92 bits per heavy atom. The average molecular weight is 373 g/mol. The van der Waals surface area contributed by atoms with Crippen LogP contribution in [0.2, 0.25) is 0 Å². The molecule has 1 amide bonds. The van der Waals surface area contributed by atoms with Crippen molar-refractivity contribution in [3.63, 3.8) is 0 Å². The fraction of sp³-hybridized carbons (Fsp3) is 0.421. The number of likely N-dealkylation sites (tertiary alicyclic amines) is 1. The molecule has 6 nitrogen and oxygen atoms in total. The summed E-state index contributed by atoms with van der Waals surface area (Å²) in [6, 6.07) is 8.23. The second-order valence-electron chi connectivity index (χ2n) is 6.56. The summed E-state index contributed by atoms with van der Waals surface area (Å²) >= 11 is 1.58. The van der Waals surface area contributed by atoms with Gasteiger partial charge in [-0.05, 0) is 38.3 Å². The number of amides is 1. The predicted molar refractivity (Wildman–Crippen MR) is 101 cm³/mol. The average Bonchev–Trinajstić information content (AvgIpc) is 3.02. The highest BCUT2D eigenvalue weighted by molar-refractivity contribution is 8.00. The molecule has 3 rings (SSSR count). The van der Waals surface area contributed by atoms with E-state index >= 15 is 0 Å². The van der Waals surface area contributed by atoms with Gasteiger partial charge in [-0.2, -0.15) is 5.10 Å². The maximum absolute atomic E-state index is 12.5. The maximum Gasteiger partial charge on any atom is 0.339 e. The standard InChI is InChI=1S/C19H23N3O3S/c1-13-5-3-4-6-17(13)26-12-18(23)21-9-7-15(8-10-21)22-14(2)16(11-20-22)19(24)25/h3-6,11,15H,7-10,12H2,1-2H3,(H,24,25). The molecule has 26 heavy (non-hydrogen) atoms. The lowest BCUT2D eigenvalue weighted by molar-refractivity contribution is -0.129. The van der Waals surface area contributed by atoms with Crippen LogP contribution in [-0.4, -0.2) is 50.5 Å². The normalized spacial score (nSPS) is 15.2. The molecule has 1 aromatic heterocycles. The summed E-state index contributed by atoms with van der Waals surface area (Å²) < 4.78 is 1.80. The molecule has 1 saturated heterocycles. The number of aromatic carboxylic acids is 1. The van der Waals surface area contributed by atoms with Crippen LogP contribution in [0.5, 0.6) is 0 Å². The van der Waals surface area contributed by atoms with E-state index in [1.165, 1.54) is 11.8 Å². The van der Waals surface area contributed by atoms with Crippen molar-refractivity contribution in [3.8, 4) is 0 Å². The van der Waals surface area contributed by atoms with Gasteiger partial charge in [0.2, 0.25) is 5.91 Å². The second kappa shape index (κ2) is 7.95. The van der Waals surface area contributed by atoms with E-state index in [2.05, 4.69) is 18.1 Å². The van der Waals surface area contributed by atoms with Gasteiger partial charge in [0.15, 0.2) is 0 Å². The van der Waals surface area contributed by atoms with Gasteiger partial charge in [0.25, 0.3) is 0 Å². The largest absolute Gasteiger partial charge is 0.478 e. The molecule has 2 aromatic rings. The lowest BCUT2D eigenvalue weighted by Gasteiger charge is -2.32. The summed E-state index contributed by atoms with van der Waals surface area (Å²) in [6.45, 7) is 5.20. The number of hydrogen-bond acceptors (Lipinski definition) is 4. The first-order valence-electron chi connectivity index (χ1n) is 8.71. The maximum atomic E-state index is 12.5. The number of carbonyl (C=O) groups is 2. The van der Waals surface area contributed by atoms with Gasteiger partial charge in [-0.1, -0.05) is 18.2 Å². The van der Waals surface area contributed by atoms with Crippen LogP contribution in [0.3, 0.4) is 0 Å². The van der Waals surface area contributed by atoms with Crippen LogP contribution in [0, 0.1) is 13.8 Å². The Hall–Kier alpha value is -2.28. The number of carboxylic acids is 1. The third-order valence-corrected chi connectivity index (χ3v) is 6.04. The van der Waals surface area contributed by atoms with Gasteiger partial charge in [0, 0.05) is 18.0 Å². The van der Waals surface area contributed by atoms with Crippen LogP contribution in [0.1, 0.15) is 40.5 Å². The Morgan fingerprint density at radius 3 is 2.54 bits per heavy atom.